The lowest BCUT2D eigenvalue weighted by atomic mass is 10.00. The SMILES string of the molecule is C[C@@H](O)[C@@H]1NC(=O)[C@H](CCCCN)NC(=O)[C@H](Cc2c[nH]c3cc(F)ccc23)NC(=O)[C@H](Cc2ccccc2)NC(=O)[C@H](Cc2ccccc2)NC(=O)CCCCCCNC(=O)[C@H](Cc2ccccc2)NC1=O. The highest BCUT2D eigenvalue weighted by atomic mass is 19.1. The van der Waals surface area contributed by atoms with Crippen molar-refractivity contribution in [1.29, 1.82) is 0 Å². The van der Waals surface area contributed by atoms with Gasteiger partial charge in [0, 0.05) is 55.7 Å². The Labute approximate surface area is 424 Å². The maximum absolute atomic E-state index is 14.8. The molecular formula is C55H68FN9O8. The molecule has 5 aromatic rings. The third-order valence-electron chi connectivity index (χ3n) is 12.8. The predicted molar refractivity (Wildman–Crippen MR) is 275 cm³/mol. The molecule has 0 radical (unpaired) electrons. The third-order valence-corrected chi connectivity index (χ3v) is 12.8. The number of benzene rings is 4. The standard InChI is InChI=1S/C55H68FN9O8/c1-35(66)49-55(73)64-44(29-36-17-7-4-8-18-36)50(68)58-28-16-3-2-13-24-48(67)60-45(30-37-19-9-5-10-20-37)52(70)62-46(31-38-21-11-6-12-22-38)53(71)63-47(32-39-34-59-43-33-40(56)25-26-41(39)43)54(72)61-42(51(69)65-49)23-14-15-27-57/h4-12,17-22,25-26,33-35,42,44-47,49,59,66H,2-3,13-16,23-24,27-32,57H2,1H3,(H,58,68)(H,60,67)(H,61,72)(H,62,70)(H,63,71)(H,64,73)(H,65,69)/t35-,42+,44+,45+,46+,47+,49+/m1/s1. The number of aromatic amines is 1. The van der Waals surface area contributed by atoms with Gasteiger partial charge in [-0.3, -0.25) is 33.6 Å². The summed E-state index contributed by atoms with van der Waals surface area (Å²) in [7, 11) is 0. The molecule has 0 unspecified atom stereocenters. The third kappa shape index (κ3) is 17.1. The van der Waals surface area contributed by atoms with Crippen molar-refractivity contribution < 1.29 is 43.1 Å². The minimum Gasteiger partial charge on any atom is -0.391 e. The number of halogens is 1. The Morgan fingerprint density at radius 1 is 0.562 bits per heavy atom. The zero-order valence-corrected chi connectivity index (χ0v) is 41.2. The summed E-state index contributed by atoms with van der Waals surface area (Å²) in [6.07, 6.45) is 3.48. The van der Waals surface area contributed by atoms with Gasteiger partial charge in [0.15, 0.2) is 0 Å². The highest BCUT2D eigenvalue weighted by Gasteiger charge is 2.35. The lowest BCUT2D eigenvalue weighted by Gasteiger charge is -2.28. The van der Waals surface area contributed by atoms with Gasteiger partial charge < -0.3 is 53.0 Å². The Kier molecular flexibility index (Phi) is 21.0. The summed E-state index contributed by atoms with van der Waals surface area (Å²) >= 11 is 0. The quantitative estimate of drug-likeness (QED) is 0.0777. The van der Waals surface area contributed by atoms with E-state index in [9.17, 15) is 43.1 Å². The largest absolute Gasteiger partial charge is 0.391 e. The van der Waals surface area contributed by atoms with Gasteiger partial charge in [-0.2, -0.15) is 0 Å². The smallest absolute Gasteiger partial charge is 0.245 e. The van der Waals surface area contributed by atoms with Gasteiger partial charge in [0.25, 0.3) is 0 Å². The second-order valence-electron chi connectivity index (χ2n) is 18.6. The van der Waals surface area contributed by atoms with E-state index in [2.05, 4.69) is 42.2 Å². The fourth-order valence-corrected chi connectivity index (χ4v) is 8.80. The minimum atomic E-state index is -1.57. The van der Waals surface area contributed by atoms with E-state index in [-0.39, 0.29) is 57.5 Å². The monoisotopic (exact) mass is 1000 g/mol. The first-order valence-electron chi connectivity index (χ1n) is 25.1. The van der Waals surface area contributed by atoms with Crippen molar-refractivity contribution in [2.75, 3.05) is 13.1 Å². The van der Waals surface area contributed by atoms with E-state index in [1.807, 2.05) is 54.6 Å². The first-order valence-corrected chi connectivity index (χ1v) is 25.1. The van der Waals surface area contributed by atoms with Crippen LogP contribution in [0.4, 0.5) is 4.39 Å². The molecule has 7 atom stereocenters. The number of fused-ring (bicyclic) bond motifs is 1. The highest BCUT2D eigenvalue weighted by molar-refractivity contribution is 5.98. The van der Waals surface area contributed by atoms with Crippen LogP contribution in [-0.4, -0.2) is 107 Å². The van der Waals surface area contributed by atoms with Gasteiger partial charge in [-0.15, -0.1) is 0 Å². The molecule has 1 aliphatic rings. The van der Waals surface area contributed by atoms with E-state index in [0.29, 0.717) is 60.6 Å². The summed E-state index contributed by atoms with van der Waals surface area (Å²) < 4.78 is 14.3. The van der Waals surface area contributed by atoms with Crippen LogP contribution >= 0.6 is 0 Å². The molecule has 4 aromatic carbocycles. The molecule has 11 N–H and O–H groups in total. The predicted octanol–water partition coefficient (Wildman–Crippen LogP) is 3.08. The molecule has 6 rings (SSSR count). The number of nitrogens with one attached hydrogen (secondary N) is 8. The van der Waals surface area contributed by atoms with Crippen molar-refractivity contribution in [2.45, 2.75) is 126 Å². The fourth-order valence-electron chi connectivity index (χ4n) is 8.80. The number of hydrogen-bond donors (Lipinski definition) is 10. The lowest BCUT2D eigenvalue weighted by Crippen LogP contribution is -2.61. The zero-order valence-electron chi connectivity index (χ0n) is 41.2. The summed E-state index contributed by atoms with van der Waals surface area (Å²) in [5.74, 6) is -5.22. The van der Waals surface area contributed by atoms with Crippen LogP contribution in [0.2, 0.25) is 0 Å². The van der Waals surface area contributed by atoms with Crippen molar-refractivity contribution in [3.05, 3.63) is 143 Å². The van der Waals surface area contributed by atoms with Gasteiger partial charge >= 0.3 is 0 Å². The second-order valence-corrected chi connectivity index (χ2v) is 18.6. The number of nitrogens with two attached hydrogens (primary N) is 1. The second kappa shape index (κ2) is 28.0. The molecule has 0 bridgehead atoms. The number of amides is 7. The van der Waals surface area contributed by atoms with Crippen LogP contribution in [0.25, 0.3) is 10.9 Å². The van der Waals surface area contributed by atoms with Crippen LogP contribution in [0.15, 0.2) is 115 Å². The van der Waals surface area contributed by atoms with Crippen molar-refractivity contribution in [2.24, 2.45) is 5.73 Å². The Balaban J connectivity index is 1.36. The van der Waals surface area contributed by atoms with Crippen molar-refractivity contribution in [3.63, 3.8) is 0 Å². The number of aromatic nitrogens is 1. The first-order chi connectivity index (χ1) is 35.3. The van der Waals surface area contributed by atoms with Crippen LogP contribution in [0.5, 0.6) is 0 Å². The molecule has 73 heavy (non-hydrogen) atoms. The van der Waals surface area contributed by atoms with Gasteiger partial charge in [-0.05, 0) is 86.0 Å². The summed E-state index contributed by atoms with van der Waals surface area (Å²) in [5.41, 5.74) is 8.98. The zero-order chi connectivity index (χ0) is 52.1. The summed E-state index contributed by atoms with van der Waals surface area (Å²) in [6, 6.07) is 23.4. The Hall–Kier alpha value is -7.44. The number of hydrogen-bond acceptors (Lipinski definition) is 9. The number of carbonyl (C=O) groups excluding carboxylic acids is 7. The van der Waals surface area contributed by atoms with Crippen LogP contribution < -0.4 is 43.0 Å². The fraction of sp³-hybridized carbons (Fsp3) is 0.400. The van der Waals surface area contributed by atoms with Crippen molar-refractivity contribution in [3.8, 4) is 0 Å². The Morgan fingerprint density at radius 2 is 1.05 bits per heavy atom. The van der Waals surface area contributed by atoms with E-state index in [0.717, 1.165) is 11.1 Å². The molecule has 388 valence electrons. The number of H-pyrrole nitrogens is 1. The van der Waals surface area contributed by atoms with E-state index in [1.165, 1.54) is 25.1 Å². The van der Waals surface area contributed by atoms with Crippen molar-refractivity contribution >= 4 is 52.3 Å². The van der Waals surface area contributed by atoms with E-state index in [1.54, 1.807) is 42.6 Å². The molecule has 0 saturated carbocycles. The van der Waals surface area contributed by atoms with E-state index in [4.69, 9.17) is 5.73 Å². The van der Waals surface area contributed by atoms with Gasteiger partial charge in [0.2, 0.25) is 41.4 Å². The Morgan fingerprint density at radius 3 is 1.62 bits per heavy atom. The maximum Gasteiger partial charge on any atom is 0.245 e. The molecule has 1 fully saturated rings. The molecule has 2 heterocycles. The number of aliphatic hydroxyl groups excluding tert-OH is 1. The molecular weight excluding hydrogens is 934 g/mol. The average molecular weight is 1000 g/mol. The molecule has 0 spiro atoms. The number of unbranched alkanes of at least 4 members (excludes halogenated alkanes) is 1. The van der Waals surface area contributed by atoms with E-state index < -0.39 is 83.6 Å². The number of rotatable bonds is 13. The highest BCUT2D eigenvalue weighted by Crippen LogP contribution is 2.21. The van der Waals surface area contributed by atoms with Crippen LogP contribution in [0, 0.1) is 5.82 Å². The average Bonchev–Trinajstić information content (AvgIpc) is 3.77. The van der Waals surface area contributed by atoms with Crippen LogP contribution in [0.3, 0.4) is 0 Å². The Bertz CT molecular complexity index is 2620. The number of aliphatic hydroxyl groups is 1. The normalized spacial score (nSPS) is 22.2. The van der Waals surface area contributed by atoms with Gasteiger partial charge in [0.05, 0.1) is 6.10 Å². The molecule has 1 saturated heterocycles. The van der Waals surface area contributed by atoms with Gasteiger partial charge in [0.1, 0.15) is 42.1 Å². The molecule has 1 aliphatic heterocycles. The molecule has 7 amide bonds. The summed E-state index contributed by atoms with van der Waals surface area (Å²) in [6.45, 7) is 1.86. The summed E-state index contributed by atoms with van der Waals surface area (Å²) in [5, 5.41) is 31.1. The molecule has 18 heteroatoms. The number of carbonyl (C=O) groups is 7. The van der Waals surface area contributed by atoms with Crippen molar-refractivity contribution in [1.82, 2.24) is 42.2 Å². The topological polar surface area (TPSA) is 266 Å². The van der Waals surface area contributed by atoms with Gasteiger partial charge in [-0.25, -0.2) is 4.39 Å². The molecule has 1 aromatic heterocycles. The minimum absolute atomic E-state index is 0.00923. The first kappa shape index (κ1) is 54.9. The van der Waals surface area contributed by atoms with Crippen LogP contribution in [0.1, 0.15) is 80.5 Å². The molecule has 17 nitrogen and oxygen atoms in total. The maximum atomic E-state index is 14.8. The lowest BCUT2D eigenvalue weighted by molar-refractivity contribution is -0.136. The summed E-state index contributed by atoms with van der Waals surface area (Å²) in [4.78, 5) is 103. The van der Waals surface area contributed by atoms with Gasteiger partial charge in [-0.1, -0.05) is 104 Å². The van der Waals surface area contributed by atoms with E-state index >= 15 is 0 Å². The van der Waals surface area contributed by atoms with Crippen LogP contribution in [-0.2, 0) is 59.2 Å². The molecule has 0 aliphatic carbocycles.